The summed E-state index contributed by atoms with van der Waals surface area (Å²) in [6.07, 6.45) is -1.33. The molecule has 0 bridgehead atoms. The Bertz CT molecular complexity index is 1140. The number of hydrogen-bond acceptors (Lipinski definition) is 4. The second kappa shape index (κ2) is 8.52. The molecule has 0 atom stereocenters. The molecule has 2 heterocycles. The van der Waals surface area contributed by atoms with E-state index in [-0.39, 0.29) is 34.7 Å². The summed E-state index contributed by atoms with van der Waals surface area (Å²) in [6.45, 7) is 1.55. The fourth-order valence-corrected chi connectivity index (χ4v) is 3.67. The number of hydrogen-bond donors (Lipinski definition) is 2. The topological polar surface area (TPSA) is 108 Å². The standard InChI is InChI=1S/C18H16BrClF2N6O2/c1-8-3-10(20)4-11(17(23)29)14(8)24-18(30)12-5-13(19)25-28(12)7-9-6-27(2)26-15(9)16(21)22/h3-6,16H,7H2,1-2H3,(H2,23,29)(H,24,30). The number of carbonyl (C=O) groups excluding carboxylic acids is 2. The number of benzene rings is 1. The van der Waals surface area contributed by atoms with Crippen LogP contribution in [0, 0.1) is 6.92 Å². The van der Waals surface area contributed by atoms with E-state index in [0.717, 1.165) is 0 Å². The van der Waals surface area contributed by atoms with Gasteiger partial charge in [0.25, 0.3) is 18.2 Å². The number of amides is 2. The van der Waals surface area contributed by atoms with E-state index in [0.29, 0.717) is 15.2 Å². The Balaban J connectivity index is 1.96. The lowest BCUT2D eigenvalue weighted by Gasteiger charge is -2.13. The van der Waals surface area contributed by atoms with Crippen LogP contribution in [0.1, 0.15) is 44.1 Å². The number of nitrogens with two attached hydrogens (primary N) is 1. The molecule has 0 spiro atoms. The van der Waals surface area contributed by atoms with Gasteiger partial charge in [-0.15, -0.1) is 0 Å². The summed E-state index contributed by atoms with van der Waals surface area (Å²) in [5.41, 5.74) is 6.09. The minimum atomic E-state index is -2.77. The number of anilines is 1. The molecule has 3 rings (SSSR count). The Kier molecular flexibility index (Phi) is 6.22. The number of alkyl halides is 2. The van der Waals surface area contributed by atoms with Crippen molar-refractivity contribution in [1.29, 1.82) is 0 Å². The molecule has 0 fully saturated rings. The zero-order valence-electron chi connectivity index (χ0n) is 15.8. The summed E-state index contributed by atoms with van der Waals surface area (Å²) in [7, 11) is 1.52. The van der Waals surface area contributed by atoms with Crippen molar-refractivity contribution in [2.75, 3.05) is 5.32 Å². The first-order valence-corrected chi connectivity index (χ1v) is 9.69. The predicted octanol–water partition coefficient (Wildman–Crippen LogP) is 3.68. The second-order valence-corrected chi connectivity index (χ2v) is 7.74. The van der Waals surface area contributed by atoms with Crippen LogP contribution in [0.25, 0.3) is 0 Å². The minimum Gasteiger partial charge on any atom is -0.366 e. The van der Waals surface area contributed by atoms with Gasteiger partial charge < -0.3 is 11.1 Å². The molecule has 1 aromatic carbocycles. The average Bonchev–Trinajstić information content (AvgIpc) is 3.19. The van der Waals surface area contributed by atoms with Gasteiger partial charge in [0.05, 0.1) is 17.8 Å². The molecule has 3 N–H and O–H groups in total. The fraction of sp³-hybridized carbons (Fsp3) is 0.222. The monoisotopic (exact) mass is 500 g/mol. The molecule has 0 aliphatic rings. The van der Waals surface area contributed by atoms with Gasteiger partial charge in [-0.2, -0.15) is 10.2 Å². The van der Waals surface area contributed by atoms with Crippen molar-refractivity contribution in [3.05, 3.63) is 62.1 Å². The third-order valence-electron chi connectivity index (χ3n) is 4.25. The van der Waals surface area contributed by atoms with Gasteiger partial charge in [-0.1, -0.05) is 11.6 Å². The summed E-state index contributed by atoms with van der Waals surface area (Å²) in [6, 6.07) is 4.36. The molecule has 2 amide bonds. The normalized spacial score (nSPS) is 11.2. The van der Waals surface area contributed by atoms with Crippen LogP contribution in [0.3, 0.4) is 0 Å². The number of aryl methyl sites for hydroxylation is 2. The number of halogens is 4. The number of nitrogens with one attached hydrogen (secondary N) is 1. The van der Waals surface area contributed by atoms with E-state index in [1.165, 1.54) is 34.7 Å². The van der Waals surface area contributed by atoms with Crippen molar-refractivity contribution < 1.29 is 18.4 Å². The third kappa shape index (κ3) is 4.51. The van der Waals surface area contributed by atoms with Crippen LogP contribution in [0.4, 0.5) is 14.5 Å². The smallest absolute Gasteiger partial charge is 0.282 e. The SMILES string of the molecule is Cc1cc(Cl)cc(C(N)=O)c1NC(=O)c1cc(Br)nn1Cc1cn(C)nc1C(F)F. The predicted molar refractivity (Wildman–Crippen MR) is 110 cm³/mol. The second-order valence-electron chi connectivity index (χ2n) is 6.49. The number of rotatable bonds is 6. The minimum absolute atomic E-state index is 0.0470. The van der Waals surface area contributed by atoms with Crippen molar-refractivity contribution in [3.63, 3.8) is 0 Å². The van der Waals surface area contributed by atoms with E-state index in [4.69, 9.17) is 17.3 Å². The van der Waals surface area contributed by atoms with Gasteiger partial charge in [0.15, 0.2) is 0 Å². The Labute approximate surface area is 183 Å². The summed E-state index contributed by atoms with van der Waals surface area (Å²) >= 11 is 9.16. The van der Waals surface area contributed by atoms with Crippen LogP contribution >= 0.6 is 27.5 Å². The molecular weight excluding hydrogens is 486 g/mol. The number of aromatic nitrogens is 4. The molecule has 158 valence electrons. The van der Waals surface area contributed by atoms with Crippen LogP contribution < -0.4 is 11.1 Å². The summed E-state index contributed by atoms with van der Waals surface area (Å²) in [5, 5.41) is 10.8. The van der Waals surface area contributed by atoms with Gasteiger partial charge in [-0.25, -0.2) is 8.78 Å². The molecule has 0 radical (unpaired) electrons. The largest absolute Gasteiger partial charge is 0.366 e. The maximum atomic E-state index is 13.2. The lowest BCUT2D eigenvalue weighted by atomic mass is 10.1. The maximum Gasteiger partial charge on any atom is 0.282 e. The highest BCUT2D eigenvalue weighted by atomic mass is 79.9. The zero-order chi connectivity index (χ0) is 22.2. The molecule has 12 heteroatoms. The number of primary amides is 1. The van der Waals surface area contributed by atoms with E-state index >= 15 is 0 Å². The van der Waals surface area contributed by atoms with E-state index < -0.39 is 18.2 Å². The van der Waals surface area contributed by atoms with Crippen molar-refractivity contribution in [1.82, 2.24) is 19.6 Å². The van der Waals surface area contributed by atoms with Gasteiger partial charge in [0, 0.05) is 29.9 Å². The zero-order valence-corrected chi connectivity index (χ0v) is 18.1. The van der Waals surface area contributed by atoms with Crippen molar-refractivity contribution in [2.45, 2.75) is 19.9 Å². The molecule has 0 saturated heterocycles. The fourth-order valence-electron chi connectivity index (χ4n) is 2.99. The number of carbonyl (C=O) groups is 2. The molecular formula is C18H16BrClF2N6O2. The van der Waals surface area contributed by atoms with Gasteiger partial charge in [-0.3, -0.25) is 19.0 Å². The highest BCUT2D eigenvalue weighted by Crippen LogP contribution is 2.27. The summed E-state index contributed by atoms with van der Waals surface area (Å²) < 4.78 is 29.4. The maximum absolute atomic E-state index is 13.2. The first-order valence-electron chi connectivity index (χ1n) is 8.52. The van der Waals surface area contributed by atoms with E-state index in [2.05, 4.69) is 31.4 Å². The summed E-state index contributed by atoms with van der Waals surface area (Å²) in [4.78, 5) is 24.7. The van der Waals surface area contributed by atoms with E-state index in [1.54, 1.807) is 13.0 Å². The van der Waals surface area contributed by atoms with Crippen molar-refractivity contribution >= 4 is 45.0 Å². The van der Waals surface area contributed by atoms with Gasteiger partial charge in [0.1, 0.15) is 16.0 Å². The molecule has 0 saturated carbocycles. The van der Waals surface area contributed by atoms with Gasteiger partial charge in [-0.05, 0) is 40.5 Å². The van der Waals surface area contributed by atoms with Crippen LogP contribution in [0.5, 0.6) is 0 Å². The molecule has 8 nitrogen and oxygen atoms in total. The Hall–Kier alpha value is -2.79. The van der Waals surface area contributed by atoms with E-state index in [9.17, 15) is 18.4 Å². The van der Waals surface area contributed by atoms with Crippen molar-refractivity contribution in [3.8, 4) is 0 Å². The Morgan fingerprint density at radius 2 is 2.00 bits per heavy atom. The lowest BCUT2D eigenvalue weighted by molar-refractivity contribution is 0.100. The molecule has 0 aliphatic heterocycles. The van der Waals surface area contributed by atoms with Crippen LogP contribution in [-0.2, 0) is 13.6 Å². The summed E-state index contributed by atoms with van der Waals surface area (Å²) in [5.74, 6) is -1.37. The molecule has 2 aromatic heterocycles. The molecule has 30 heavy (non-hydrogen) atoms. The third-order valence-corrected chi connectivity index (χ3v) is 4.86. The highest BCUT2D eigenvalue weighted by Gasteiger charge is 2.23. The lowest BCUT2D eigenvalue weighted by Crippen LogP contribution is -2.22. The van der Waals surface area contributed by atoms with Gasteiger partial charge in [0.2, 0.25) is 0 Å². The Morgan fingerprint density at radius 1 is 1.30 bits per heavy atom. The first kappa shape index (κ1) is 21.9. The quantitative estimate of drug-likeness (QED) is 0.537. The first-order chi connectivity index (χ1) is 14.1. The number of nitrogens with zero attached hydrogens (tertiary/aromatic N) is 4. The molecule has 0 unspecified atom stereocenters. The molecule has 0 aliphatic carbocycles. The average molecular weight is 502 g/mol. The van der Waals surface area contributed by atoms with Crippen LogP contribution in [0.2, 0.25) is 5.02 Å². The molecule has 3 aromatic rings. The van der Waals surface area contributed by atoms with Gasteiger partial charge >= 0.3 is 0 Å². The highest BCUT2D eigenvalue weighted by molar-refractivity contribution is 9.10. The van der Waals surface area contributed by atoms with Crippen LogP contribution in [-0.4, -0.2) is 31.4 Å². The Morgan fingerprint density at radius 3 is 2.63 bits per heavy atom. The van der Waals surface area contributed by atoms with E-state index in [1.807, 2.05) is 0 Å². The van der Waals surface area contributed by atoms with Crippen LogP contribution in [0.15, 0.2) is 29.0 Å². The van der Waals surface area contributed by atoms with Crippen molar-refractivity contribution in [2.24, 2.45) is 12.8 Å².